The van der Waals surface area contributed by atoms with E-state index in [9.17, 15) is 14.4 Å². The fraction of sp³-hybridized carbons (Fsp3) is 0.400. The molecule has 0 aliphatic rings. The van der Waals surface area contributed by atoms with Crippen LogP contribution in [-0.2, 0) is 30.3 Å². The number of benzene rings is 1. The zero-order valence-corrected chi connectivity index (χ0v) is 12.9. The molecule has 0 aromatic heterocycles. The number of amides is 1. The maximum Gasteiger partial charge on any atom is 0.343 e. The number of hydrogen-bond donors (Lipinski definition) is 2. The molecule has 8 heteroatoms. The normalized spacial score (nSPS) is 11.3. The second-order valence-corrected chi connectivity index (χ2v) is 4.51. The average molecular weight is 325 g/mol. The molecule has 0 bridgehead atoms. The molecule has 0 heterocycles. The maximum absolute atomic E-state index is 11.7. The number of hydrogen-bond acceptors (Lipinski definition) is 7. The lowest BCUT2D eigenvalue weighted by Crippen LogP contribution is -2.44. The van der Waals surface area contributed by atoms with Crippen molar-refractivity contribution in [1.82, 2.24) is 5.32 Å². The molecule has 0 fully saturated rings. The van der Waals surface area contributed by atoms with E-state index in [4.69, 9.17) is 9.84 Å². The lowest BCUT2D eigenvalue weighted by atomic mass is 10.1. The minimum atomic E-state index is -0.901. The summed E-state index contributed by atoms with van der Waals surface area (Å²) >= 11 is 0. The van der Waals surface area contributed by atoms with Crippen molar-refractivity contribution in [2.75, 3.05) is 27.4 Å². The van der Waals surface area contributed by atoms with Crippen molar-refractivity contribution in [2.24, 2.45) is 0 Å². The number of esters is 2. The van der Waals surface area contributed by atoms with E-state index in [0.29, 0.717) is 5.75 Å². The molecule has 0 aliphatic carbocycles. The van der Waals surface area contributed by atoms with Crippen molar-refractivity contribution in [2.45, 2.75) is 12.5 Å². The summed E-state index contributed by atoms with van der Waals surface area (Å²) in [5, 5.41) is 11.1. The molecule has 8 nitrogen and oxygen atoms in total. The molecule has 1 aromatic carbocycles. The fourth-order valence-corrected chi connectivity index (χ4v) is 1.73. The number of ether oxygens (including phenoxy) is 3. The number of aliphatic hydroxyl groups excluding tert-OH is 1. The van der Waals surface area contributed by atoms with Crippen LogP contribution in [0.2, 0.25) is 0 Å². The van der Waals surface area contributed by atoms with E-state index in [-0.39, 0.29) is 13.0 Å². The maximum atomic E-state index is 11.7. The molecule has 2 N–H and O–H groups in total. The quantitative estimate of drug-likeness (QED) is 0.616. The van der Waals surface area contributed by atoms with Gasteiger partial charge in [0.05, 0.1) is 14.2 Å². The van der Waals surface area contributed by atoms with Crippen LogP contribution in [0.25, 0.3) is 0 Å². The monoisotopic (exact) mass is 325 g/mol. The van der Waals surface area contributed by atoms with Gasteiger partial charge in [0.1, 0.15) is 18.4 Å². The summed E-state index contributed by atoms with van der Waals surface area (Å²) in [5.41, 5.74) is 0.740. The minimum Gasteiger partial charge on any atom is -0.482 e. The minimum absolute atomic E-state index is 0.190. The Balaban J connectivity index is 2.67. The SMILES string of the molecule is COC(=O)COc1ccc(CC(NC(=O)CO)C(=O)OC)cc1. The van der Waals surface area contributed by atoms with E-state index in [1.165, 1.54) is 14.2 Å². The Bertz CT molecular complexity index is 541. The van der Waals surface area contributed by atoms with Gasteiger partial charge in [0.15, 0.2) is 6.61 Å². The Labute approximate surface area is 133 Å². The van der Waals surface area contributed by atoms with Crippen LogP contribution in [0, 0.1) is 0 Å². The molecule has 1 atom stereocenters. The van der Waals surface area contributed by atoms with Crippen LogP contribution in [0.5, 0.6) is 5.75 Å². The second kappa shape index (κ2) is 9.42. The summed E-state index contributed by atoms with van der Waals surface area (Å²) < 4.78 is 14.3. The molecule has 0 aliphatic heterocycles. The van der Waals surface area contributed by atoms with Crippen LogP contribution in [0.4, 0.5) is 0 Å². The van der Waals surface area contributed by atoms with Gasteiger partial charge in [0.2, 0.25) is 5.91 Å². The lowest BCUT2D eigenvalue weighted by Gasteiger charge is -2.16. The van der Waals surface area contributed by atoms with Gasteiger partial charge in [-0.25, -0.2) is 9.59 Å². The van der Waals surface area contributed by atoms with Gasteiger partial charge in [-0.15, -0.1) is 0 Å². The lowest BCUT2D eigenvalue weighted by molar-refractivity contribution is -0.145. The van der Waals surface area contributed by atoms with Gasteiger partial charge >= 0.3 is 11.9 Å². The Morgan fingerprint density at radius 1 is 1.13 bits per heavy atom. The molecule has 1 rings (SSSR count). The van der Waals surface area contributed by atoms with Crippen molar-refractivity contribution in [3.8, 4) is 5.75 Å². The highest BCUT2D eigenvalue weighted by atomic mass is 16.6. The van der Waals surface area contributed by atoms with E-state index in [1.807, 2.05) is 0 Å². The number of methoxy groups -OCH3 is 2. The standard InChI is InChI=1S/C15H19NO7/c1-21-14(19)9-23-11-5-3-10(4-6-11)7-12(15(20)22-2)16-13(18)8-17/h3-6,12,17H,7-9H2,1-2H3,(H,16,18). The van der Waals surface area contributed by atoms with Crippen molar-refractivity contribution in [3.05, 3.63) is 29.8 Å². The summed E-state index contributed by atoms with van der Waals surface area (Å²) in [5.74, 6) is -1.31. The van der Waals surface area contributed by atoms with Crippen molar-refractivity contribution < 1.29 is 33.7 Å². The predicted molar refractivity (Wildman–Crippen MR) is 78.7 cm³/mol. The number of carbonyl (C=O) groups excluding carboxylic acids is 3. The summed E-state index contributed by atoms with van der Waals surface area (Å²) in [7, 11) is 2.48. The van der Waals surface area contributed by atoms with Gasteiger partial charge in [-0.1, -0.05) is 12.1 Å². The molecule has 0 spiro atoms. The van der Waals surface area contributed by atoms with Gasteiger partial charge in [0.25, 0.3) is 0 Å². The smallest absolute Gasteiger partial charge is 0.343 e. The topological polar surface area (TPSA) is 111 Å². The number of carbonyl (C=O) groups is 3. The first-order chi connectivity index (χ1) is 11.0. The Hall–Kier alpha value is -2.61. The highest BCUT2D eigenvalue weighted by Gasteiger charge is 2.21. The van der Waals surface area contributed by atoms with Gasteiger partial charge in [0, 0.05) is 6.42 Å². The van der Waals surface area contributed by atoms with Crippen LogP contribution in [-0.4, -0.2) is 56.4 Å². The zero-order valence-electron chi connectivity index (χ0n) is 12.9. The first-order valence-corrected chi connectivity index (χ1v) is 6.76. The summed E-state index contributed by atoms with van der Waals surface area (Å²) in [6.45, 7) is -0.916. The molecule has 23 heavy (non-hydrogen) atoms. The van der Waals surface area contributed by atoms with E-state index < -0.39 is 30.5 Å². The number of rotatable bonds is 8. The van der Waals surface area contributed by atoms with Crippen LogP contribution in [0.1, 0.15) is 5.56 Å². The van der Waals surface area contributed by atoms with Gasteiger partial charge < -0.3 is 24.6 Å². The summed E-state index contributed by atoms with van der Waals surface area (Å²) in [6.07, 6.45) is 0.190. The van der Waals surface area contributed by atoms with Gasteiger partial charge in [-0.3, -0.25) is 4.79 Å². The van der Waals surface area contributed by atoms with E-state index in [0.717, 1.165) is 5.56 Å². The van der Waals surface area contributed by atoms with Crippen LogP contribution in [0.15, 0.2) is 24.3 Å². The highest BCUT2D eigenvalue weighted by molar-refractivity contribution is 5.85. The van der Waals surface area contributed by atoms with Crippen LogP contribution in [0.3, 0.4) is 0 Å². The number of nitrogens with one attached hydrogen (secondary N) is 1. The van der Waals surface area contributed by atoms with E-state index in [2.05, 4.69) is 14.8 Å². The largest absolute Gasteiger partial charge is 0.482 e. The zero-order chi connectivity index (χ0) is 17.2. The molecule has 1 unspecified atom stereocenters. The first-order valence-electron chi connectivity index (χ1n) is 6.76. The van der Waals surface area contributed by atoms with Gasteiger partial charge in [-0.2, -0.15) is 0 Å². The Kier molecular flexibility index (Phi) is 7.55. The molecule has 1 aromatic rings. The molecular weight excluding hydrogens is 306 g/mol. The predicted octanol–water partition coefficient (Wildman–Crippen LogP) is -0.569. The molecule has 1 amide bonds. The Morgan fingerprint density at radius 3 is 2.30 bits per heavy atom. The molecule has 0 saturated carbocycles. The summed E-state index contributed by atoms with van der Waals surface area (Å²) in [6, 6.07) is 5.73. The molecule has 126 valence electrons. The number of aliphatic hydroxyl groups is 1. The van der Waals surface area contributed by atoms with Crippen molar-refractivity contribution >= 4 is 17.8 Å². The fourth-order valence-electron chi connectivity index (χ4n) is 1.73. The third kappa shape index (κ3) is 6.35. The Morgan fingerprint density at radius 2 is 1.78 bits per heavy atom. The van der Waals surface area contributed by atoms with E-state index in [1.54, 1.807) is 24.3 Å². The second-order valence-electron chi connectivity index (χ2n) is 4.51. The van der Waals surface area contributed by atoms with Crippen LogP contribution >= 0.6 is 0 Å². The highest BCUT2D eigenvalue weighted by Crippen LogP contribution is 2.14. The first kappa shape index (κ1) is 18.4. The average Bonchev–Trinajstić information content (AvgIpc) is 2.59. The van der Waals surface area contributed by atoms with Gasteiger partial charge in [-0.05, 0) is 17.7 Å². The third-order valence-corrected chi connectivity index (χ3v) is 2.91. The molecule has 0 radical (unpaired) electrons. The molecule has 0 saturated heterocycles. The summed E-state index contributed by atoms with van der Waals surface area (Å²) in [4.78, 5) is 33.9. The van der Waals surface area contributed by atoms with Crippen LogP contribution < -0.4 is 10.1 Å². The van der Waals surface area contributed by atoms with E-state index >= 15 is 0 Å². The van der Waals surface area contributed by atoms with Crippen molar-refractivity contribution in [3.63, 3.8) is 0 Å². The third-order valence-electron chi connectivity index (χ3n) is 2.91. The molecular formula is C15H19NO7. The van der Waals surface area contributed by atoms with Crippen molar-refractivity contribution in [1.29, 1.82) is 0 Å².